The molecule has 0 radical (unpaired) electrons. The lowest BCUT2D eigenvalue weighted by molar-refractivity contribution is -0.141. The van der Waals surface area contributed by atoms with Crippen LogP contribution >= 0.6 is 11.5 Å². The van der Waals surface area contributed by atoms with Gasteiger partial charge in [0.25, 0.3) is 0 Å². The third-order valence-corrected chi connectivity index (χ3v) is 3.89. The molecule has 0 saturated heterocycles. The van der Waals surface area contributed by atoms with Crippen molar-refractivity contribution in [3.05, 3.63) is 5.82 Å². The molecule has 2 rings (SSSR count). The Morgan fingerprint density at radius 1 is 1.44 bits per heavy atom. The van der Waals surface area contributed by atoms with Crippen LogP contribution in [0.3, 0.4) is 0 Å². The summed E-state index contributed by atoms with van der Waals surface area (Å²) in [6.07, 6.45) is 2.60. The number of nitrogens with zero attached hydrogens (tertiary/aromatic N) is 2. The molecule has 1 heterocycles. The molecule has 6 heteroatoms. The van der Waals surface area contributed by atoms with E-state index in [0.717, 1.165) is 30.2 Å². The number of aliphatic carboxylic acids is 1. The number of hydrogen-bond acceptors (Lipinski definition) is 5. The summed E-state index contributed by atoms with van der Waals surface area (Å²) in [5, 5.41) is 13.1. The molecule has 1 aliphatic carbocycles. The molecular weight excluding hydrogens is 250 g/mol. The van der Waals surface area contributed by atoms with Gasteiger partial charge in [-0.2, -0.15) is 4.37 Å². The predicted molar refractivity (Wildman–Crippen MR) is 71.0 cm³/mol. The van der Waals surface area contributed by atoms with Crippen molar-refractivity contribution in [3.8, 4) is 0 Å². The first-order chi connectivity index (χ1) is 8.38. The largest absolute Gasteiger partial charge is 0.481 e. The average molecular weight is 269 g/mol. The van der Waals surface area contributed by atoms with Gasteiger partial charge in [-0.05, 0) is 12.8 Å². The molecule has 2 N–H and O–H groups in total. The summed E-state index contributed by atoms with van der Waals surface area (Å²) >= 11 is 1.31. The van der Waals surface area contributed by atoms with Crippen LogP contribution in [0.4, 0.5) is 5.13 Å². The summed E-state index contributed by atoms with van der Waals surface area (Å²) in [7, 11) is 0. The van der Waals surface area contributed by atoms with E-state index in [-0.39, 0.29) is 17.4 Å². The van der Waals surface area contributed by atoms with Crippen LogP contribution in [0, 0.1) is 5.92 Å². The van der Waals surface area contributed by atoms with E-state index in [2.05, 4.69) is 35.4 Å². The van der Waals surface area contributed by atoms with Crippen LogP contribution in [0.15, 0.2) is 0 Å². The van der Waals surface area contributed by atoms with E-state index in [1.165, 1.54) is 11.5 Å². The minimum absolute atomic E-state index is 0.0109. The van der Waals surface area contributed by atoms with Crippen molar-refractivity contribution in [1.82, 2.24) is 9.36 Å². The molecule has 0 spiro atoms. The van der Waals surface area contributed by atoms with E-state index in [4.69, 9.17) is 5.11 Å². The van der Waals surface area contributed by atoms with Crippen molar-refractivity contribution in [2.24, 2.45) is 5.92 Å². The smallest absolute Gasteiger partial charge is 0.308 e. The third kappa shape index (κ3) is 2.80. The van der Waals surface area contributed by atoms with Crippen LogP contribution in [0.25, 0.3) is 0 Å². The summed E-state index contributed by atoms with van der Waals surface area (Å²) in [5.41, 5.74) is -0.0711. The van der Waals surface area contributed by atoms with Gasteiger partial charge in [0.1, 0.15) is 5.82 Å². The first-order valence-corrected chi connectivity index (χ1v) is 6.99. The van der Waals surface area contributed by atoms with Gasteiger partial charge in [-0.1, -0.05) is 27.2 Å². The van der Waals surface area contributed by atoms with E-state index in [9.17, 15) is 4.79 Å². The van der Waals surface area contributed by atoms with Gasteiger partial charge in [0.05, 0.1) is 5.92 Å². The van der Waals surface area contributed by atoms with Gasteiger partial charge < -0.3 is 10.4 Å². The fourth-order valence-electron chi connectivity index (χ4n) is 2.17. The van der Waals surface area contributed by atoms with E-state index in [1.807, 2.05) is 0 Å². The van der Waals surface area contributed by atoms with E-state index in [1.54, 1.807) is 0 Å². The Balaban J connectivity index is 2.05. The van der Waals surface area contributed by atoms with Crippen LogP contribution < -0.4 is 5.32 Å². The highest BCUT2D eigenvalue weighted by atomic mass is 32.1. The summed E-state index contributed by atoms with van der Waals surface area (Å²) in [6.45, 7) is 6.19. The maximum atomic E-state index is 11.1. The Morgan fingerprint density at radius 2 is 2.17 bits per heavy atom. The number of hydrogen-bond donors (Lipinski definition) is 2. The minimum atomic E-state index is -0.717. The molecule has 0 unspecified atom stereocenters. The van der Waals surface area contributed by atoms with Crippen molar-refractivity contribution in [2.45, 2.75) is 51.5 Å². The number of carboxylic acids is 1. The molecule has 1 aliphatic rings. The van der Waals surface area contributed by atoms with Crippen molar-refractivity contribution in [3.63, 3.8) is 0 Å². The average Bonchev–Trinajstić information content (AvgIpc) is 2.85. The lowest BCUT2D eigenvalue weighted by Crippen LogP contribution is -2.29. The highest BCUT2D eigenvalue weighted by molar-refractivity contribution is 7.09. The molecule has 18 heavy (non-hydrogen) atoms. The Labute approximate surface area is 111 Å². The number of anilines is 1. The van der Waals surface area contributed by atoms with E-state index in [0.29, 0.717) is 0 Å². The molecule has 1 fully saturated rings. The maximum Gasteiger partial charge on any atom is 0.308 e. The Kier molecular flexibility index (Phi) is 3.56. The van der Waals surface area contributed by atoms with Crippen molar-refractivity contribution < 1.29 is 9.90 Å². The van der Waals surface area contributed by atoms with Crippen LogP contribution in [-0.4, -0.2) is 26.5 Å². The van der Waals surface area contributed by atoms with Gasteiger partial charge in [0.15, 0.2) is 0 Å². The van der Waals surface area contributed by atoms with Gasteiger partial charge in [0.2, 0.25) is 5.13 Å². The highest BCUT2D eigenvalue weighted by Crippen LogP contribution is 2.30. The van der Waals surface area contributed by atoms with Crippen LogP contribution in [0.1, 0.15) is 45.9 Å². The number of carbonyl (C=O) groups is 1. The SMILES string of the molecule is CC(C)(C)c1nsc(N[C@@H]2CCC[C@@H]2C(=O)O)n1. The standard InChI is InChI=1S/C12H19N3O2S/c1-12(2,3)10-14-11(18-15-10)13-8-6-4-5-7(8)9(16)17/h7-8H,4-6H2,1-3H3,(H,16,17)(H,13,14,15)/t7-,8+/m0/s1. The first-order valence-electron chi connectivity index (χ1n) is 6.21. The normalized spacial score (nSPS) is 24.2. The zero-order chi connectivity index (χ0) is 13.3. The third-order valence-electron chi connectivity index (χ3n) is 3.24. The minimum Gasteiger partial charge on any atom is -0.481 e. The second-order valence-electron chi connectivity index (χ2n) is 5.80. The number of aromatic nitrogens is 2. The van der Waals surface area contributed by atoms with Gasteiger partial charge in [0, 0.05) is 23.0 Å². The Morgan fingerprint density at radius 3 is 2.72 bits per heavy atom. The molecule has 1 aromatic heterocycles. The lowest BCUT2D eigenvalue weighted by atomic mass is 9.96. The molecule has 0 bridgehead atoms. The summed E-state index contributed by atoms with van der Waals surface area (Å²) in [6, 6.07) is -0.0109. The monoisotopic (exact) mass is 269 g/mol. The molecule has 1 aromatic rings. The van der Waals surface area contributed by atoms with E-state index < -0.39 is 5.97 Å². The van der Waals surface area contributed by atoms with Gasteiger partial charge in [-0.3, -0.25) is 4.79 Å². The highest BCUT2D eigenvalue weighted by Gasteiger charge is 2.33. The quantitative estimate of drug-likeness (QED) is 0.881. The predicted octanol–water partition coefficient (Wildman–Crippen LogP) is 2.50. The van der Waals surface area contributed by atoms with E-state index >= 15 is 0 Å². The van der Waals surface area contributed by atoms with Crippen molar-refractivity contribution >= 4 is 22.6 Å². The van der Waals surface area contributed by atoms with Gasteiger partial charge in [-0.25, -0.2) is 4.98 Å². The lowest BCUT2D eigenvalue weighted by Gasteiger charge is -2.16. The molecule has 100 valence electrons. The second-order valence-corrected chi connectivity index (χ2v) is 6.55. The summed E-state index contributed by atoms with van der Waals surface area (Å²) in [5.74, 6) is -0.211. The van der Waals surface area contributed by atoms with Crippen LogP contribution in [0.5, 0.6) is 0 Å². The second kappa shape index (κ2) is 4.84. The summed E-state index contributed by atoms with van der Waals surface area (Å²) < 4.78 is 4.32. The molecule has 0 aromatic carbocycles. The number of rotatable bonds is 3. The molecule has 2 atom stereocenters. The Bertz CT molecular complexity index is 439. The van der Waals surface area contributed by atoms with Crippen molar-refractivity contribution in [2.75, 3.05) is 5.32 Å². The zero-order valence-corrected chi connectivity index (χ0v) is 11.8. The topological polar surface area (TPSA) is 75.1 Å². The summed E-state index contributed by atoms with van der Waals surface area (Å²) in [4.78, 5) is 15.5. The Hall–Kier alpha value is -1.17. The maximum absolute atomic E-state index is 11.1. The first kappa shape index (κ1) is 13.3. The van der Waals surface area contributed by atoms with Crippen LogP contribution in [0.2, 0.25) is 0 Å². The molecule has 0 amide bonds. The fourth-order valence-corrected chi connectivity index (χ4v) is 2.99. The molecule has 0 aliphatic heterocycles. The van der Waals surface area contributed by atoms with Gasteiger partial charge in [-0.15, -0.1) is 0 Å². The molecule has 5 nitrogen and oxygen atoms in total. The fraction of sp³-hybridized carbons (Fsp3) is 0.750. The van der Waals surface area contributed by atoms with Crippen LogP contribution in [-0.2, 0) is 10.2 Å². The number of carboxylic acid groups (broad SMARTS) is 1. The molecule has 1 saturated carbocycles. The van der Waals surface area contributed by atoms with Gasteiger partial charge >= 0.3 is 5.97 Å². The number of nitrogens with one attached hydrogen (secondary N) is 1. The molecular formula is C12H19N3O2S. The van der Waals surface area contributed by atoms with Crippen molar-refractivity contribution in [1.29, 1.82) is 0 Å². The zero-order valence-electron chi connectivity index (χ0n) is 10.9.